The van der Waals surface area contributed by atoms with Crippen molar-refractivity contribution in [1.29, 1.82) is 0 Å². The third-order valence-corrected chi connectivity index (χ3v) is 7.58. The minimum Gasteiger partial charge on any atom is -0.491 e. The molecule has 0 fully saturated rings. The van der Waals surface area contributed by atoms with Crippen LogP contribution in [0.5, 0.6) is 5.75 Å². The molecule has 0 aliphatic carbocycles. The highest BCUT2D eigenvalue weighted by molar-refractivity contribution is 7.10. The Morgan fingerprint density at radius 1 is 1.14 bits per heavy atom. The summed E-state index contributed by atoms with van der Waals surface area (Å²) in [5.74, 6) is 0.0974. The molecule has 1 aliphatic rings. The maximum atomic E-state index is 13.6. The molecule has 0 saturated heterocycles. The first-order valence-corrected chi connectivity index (χ1v) is 12.9. The van der Waals surface area contributed by atoms with Crippen LogP contribution in [0.25, 0.3) is 0 Å². The lowest BCUT2D eigenvalue weighted by atomic mass is 10.00. The molecule has 3 aromatic rings. The van der Waals surface area contributed by atoms with E-state index in [4.69, 9.17) is 4.74 Å². The third kappa shape index (κ3) is 6.09. The van der Waals surface area contributed by atoms with Gasteiger partial charge in [0.1, 0.15) is 24.7 Å². The van der Waals surface area contributed by atoms with Crippen LogP contribution in [-0.2, 0) is 22.4 Å². The molecule has 4 rings (SSSR count). The summed E-state index contributed by atoms with van der Waals surface area (Å²) in [4.78, 5) is 31.6. The smallest absolute Gasteiger partial charge is 0.242 e. The zero-order valence-electron chi connectivity index (χ0n) is 20.2. The number of rotatable bonds is 9. The zero-order chi connectivity index (χ0) is 24.8. The van der Waals surface area contributed by atoms with Gasteiger partial charge in [0, 0.05) is 17.5 Å². The Morgan fingerprint density at radius 3 is 2.60 bits per heavy atom. The standard InChI is InChI=1S/C28H31FN2O3S/c1-3-20(2)31(27(32)17-21-7-5-4-6-8-21)18-28(33)30-15-13-26-24(14-16-35-26)25(30)19-34-23-11-9-22(29)10-12-23/h4-12,14,16,20,25H,3,13,15,17-19H2,1-2H3/t20-,25+/m1/s1. The lowest BCUT2D eigenvalue weighted by molar-refractivity contribution is -0.144. The first-order valence-electron chi connectivity index (χ1n) is 12.0. The van der Waals surface area contributed by atoms with E-state index in [9.17, 15) is 14.0 Å². The monoisotopic (exact) mass is 494 g/mol. The number of nitrogens with zero attached hydrogens (tertiary/aromatic N) is 2. The van der Waals surface area contributed by atoms with Crippen LogP contribution >= 0.6 is 11.3 Å². The predicted molar refractivity (Wildman–Crippen MR) is 136 cm³/mol. The maximum absolute atomic E-state index is 13.6. The summed E-state index contributed by atoms with van der Waals surface area (Å²) in [5.41, 5.74) is 2.02. The molecular weight excluding hydrogens is 463 g/mol. The van der Waals surface area contributed by atoms with Gasteiger partial charge in [0.25, 0.3) is 0 Å². The molecule has 5 nitrogen and oxygen atoms in total. The van der Waals surface area contributed by atoms with E-state index in [1.54, 1.807) is 28.4 Å². The van der Waals surface area contributed by atoms with Crippen molar-refractivity contribution >= 4 is 23.2 Å². The number of carbonyl (C=O) groups excluding carboxylic acids is 2. The molecule has 0 unspecified atom stereocenters. The van der Waals surface area contributed by atoms with Gasteiger partial charge in [-0.25, -0.2) is 4.39 Å². The van der Waals surface area contributed by atoms with E-state index in [1.165, 1.54) is 17.0 Å². The minimum absolute atomic E-state index is 0.0349. The van der Waals surface area contributed by atoms with Gasteiger partial charge in [-0.2, -0.15) is 0 Å². The number of halogens is 1. The van der Waals surface area contributed by atoms with Gasteiger partial charge in [-0.05, 0) is 66.6 Å². The lowest BCUT2D eigenvalue weighted by Gasteiger charge is -2.38. The van der Waals surface area contributed by atoms with Crippen LogP contribution in [0, 0.1) is 5.82 Å². The largest absolute Gasteiger partial charge is 0.491 e. The summed E-state index contributed by atoms with van der Waals surface area (Å²) in [6.45, 7) is 4.88. The van der Waals surface area contributed by atoms with E-state index in [0.29, 0.717) is 12.3 Å². The molecule has 2 atom stereocenters. The van der Waals surface area contributed by atoms with E-state index < -0.39 is 0 Å². The highest BCUT2D eigenvalue weighted by Gasteiger charge is 2.34. The molecule has 0 bridgehead atoms. The Balaban J connectivity index is 1.50. The Kier molecular flexibility index (Phi) is 8.18. The number of ether oxygens (including phenoxy) is 1. The Morgan fingerprint density at radius 2 is 1.89 bits per heavy atom. The summed E-state index contributed by atoms with van der Waals surface area (Å²) in [6.07, 6.45) is 1.82. The summed E-state index contributed by atoms with van der Waals surface area (Å²) in [6, 6.07) is 17.2. The minimum atomic E-state index is -0.322. The average molecular weight is 495 g/mol. The Labute approximate surface area is 210 Å². The van der Waals surface area contributed by atoms with Crippen molar-refractivity contribution in [2.24, 2.45) is 0 Å². The molecule has 0 spiro atoms. The topological polar surface area (TPSA) is 49.9 Å². The van der Waals surface area contributed by atoms with E-state index in [1.807, 2.05) is 60.5 Å². The van der Waals surface area contributed by atoms with Crippen molar-refractivity contribution in [3.05, 3.63) is 87.9 Å². The van der Waals surface area contributed by atoms with Crippen LogP contribution in [-0.4, -0.2) is 47.4 Å². The van der Waals surface area contributed by atoms with Crippen molar-refractivity contribution in [1.82, 2.24) is 9.80 Å². The number of benzene rings is 2. The predicted octanol–water partition coefficient (Wildman–Crippen LogP) is 5.26. The molecule has 2 amide bonds. The fourth-order valence-electron chi connectivity index (χ4n) is 4.40. The van der Waals surface area contributed by atoms with Crippen molar-refractivity contribution in [2.75, 3.05) is 19.7 Å². The Hall–Kier alpha value is -3.19. The van der Waals surface area contributed by atoms with Gasteiger partial charge in [-0.1, -0.05) is 37.3 Å². The van der Waals surface area contributed by atoms with Crippen LogP contribution in [0.3, 0.4) is 0 Å². The van der Waals surface area contributed by atoms with Gasteiger partial charge in [0.05, 0.1) is 12.5 Å². The summed E-state index contributed by atoms with van der Waals surface area (Å²) in [7, 11) is 0. The quantitative estimate of drug-likeness (QED) is 0.408. The molecule has 2 heterocycles. The van der Waals surface area contributed by atoms with Gasteiger partial charge >= 0.3 is 0 Å². The first kappa shape index (κ1) is 24.9. The molecule has 0 radical (unpaired) electrons. The number of amides is 2. The van der Waals surface area contributed by atoms with E-state index in [0.717, 1.165) is 24.0 Å². The second-order valence-corrected chi connectivity index (χ2v) is 9.86. The van der Waals surface area contributed by atoms with Gasteiger partial charge in [-0.15, -0.1) is 11.3 Å². The fourth-order valence-corrected chi connectivity index (χ4v) is 5.33. The molecule has 1 aliphatic heterocycles. The van der Waals surface area contributed by atoms with Gasteiger partial charge < -0.3 is 14.5 Å². The normalized spacial score (nSPS) is 15.9. The highest BCUT2D eigenvalue weighted by Crippen LogP contribution is 2.34. The van der Waals surface area contributed by atoms with Crippen LogP contribution in [0.15, 0.2) is 66.0 Å². The third-order valence-electron chi connectivity index (χ3n) is 6.58. The zero-order valence-corrected chi connectivity index (χ0v) is 21.0. The SMILES string of the molecule is CC[C@@H](C)N(CC(=O)N1CCc2sccc2[C@@H]1COc1ccc(F)cc1)C(=O)Cc1ccccc1. The van der Waals surface area contributed by atoms with E-state index in [-0.39, 0.29) is 49.3 Å². The average Bonchev–Trinajstić information content (AvgIpc) is 3.36. The van der Waals surface area contributed by atoms with Crippen molar-refractivity contribution in [3.63, 3.8) is 0 Å². The number of thiophene rings is 1. The van der Waals surface area contributed by atoms with Crippen LogP contribution in [0.1, 0.15) is 42.3 Å². The van der Waals surface area contributed by atoms with Crippen molar-refractivity contribution < 1.29 is 18.7 Å². The number of fused-ring (bicyclic) bond motifs is 1. The maximum Gasteiger partial charge on any atom is 0.242 e. The molecule has 35 heavy (non-hydrogen) atoms. The lowest BCUT2D eigenvalue weighted by Crippen LogP contribution is -2.50. The molecule has 0 N–H and O–H groups in total. The van der Waals surface area contributed by atoms with Crippen molar-refractivity contribution in [2.45, 2.75) is 45.2 Å². The van der Waals surface area contributed by atoms with Crippen LogP contribution in [0.2, 0.25) is 0 Å². The summed E-state index contributed by atoms with van der Waals surface area (Å²) < 4.78 is 19.3. The van der Waals surface area contributed by atoms with Gasteiger partial charge in [-0.3, -0.25) is 9.59 Å². The summed E-state index contributed by atoms with van der Waals surface area (Å²) in [5, 5.41) is 2.04. The second kappa shape index (κ2) is 11.5. The number of hydrogen-bond donors (Lipinski definition) is 0. The molecule has 7 heteroatoms. The van der Waals surface area contributed by atoms with Gasteiger partial charge in [0.15, 0.2) is 0 Å². The van der Waals surface area contributed by atoms with E-state index in [2.05, 4.69) is 0 Å². The molecule has 1 aromatic heterocycles. The fraction of sp³-hybridized carbons (Fsp3) is 0.357. The Bertz CT molecular complexity index is 1130. The summed E-state index contributed by atoms with van der Waals surface area (Å²) >= 11 is 1.69. The van der Waals surface area contributed by atoms with Crippen molar-refractivity contribution in [3.8, 4) is 5.75 Å². The number of carbonyl (C=O) groups is 2. The molecule has 0 saturated carbocycles. The van der Waals surface area contributed by atoms with Gasteiger partial charge in [0.2, 0.25) is 11.8 Å². The molecular formula is C28H31FN2O3S. The highest BCUT2D eigenvalue weighted by atomic mass is 32.1. The number of hydrogen-bond acceptors (Lipinski definition) is 4. The molecule has 2 aromatic carbocycles. The van der Waals surface area contributed by atoms with E-state index >= 15 is 0 Å². The molecule has 184 valence electrons. The van der Waals surface area contributed by atoms with Crippen LogP contribution < -0.4 is 4.74 Å². The second-order valence-electron chi connectivity index (χ2n) is 8.86. The first-order chi connectivity index (χ1) is 17.0. The van der Waals surface area contributed by atoms with Crippen LogP contribution in [0.4, 0.5) is 4.39 Å².